The first-order chi connectivity index (χ1) is 10.7. The van der Waals surface area contributed by atoms with Gasteiger partial charge in [0.15, 0.2) is 0 Å². The summed E-state index contributed by atoms with van der Waals surface area (Å²) in [4.78, 5) is 0. The van der Waals surface area contributed by atoms with Gasteiger partial charge in [-0.1, -0.05) is 30.5 Å². The largest absolute Gasteiger partial charge is 0.507 e. The Morgan fingerprint density at radius 2 is 1.27 bits per heavy atom. The second-order valence-corrected chi connectivity index (χ2v) is 8.85. The first kappa shape index (κ1) is 13.5. The molecule has 0 aromatic heterocycles. The molecule has 4 bridgehead atoms. The monoisotopic (exact) mass is 296 g/mol. The average molecular weight is 296 g/mol. The van der Waals surface area contributed by atoms with Crippen LogP contribution in [0.1, 0.15) is 79.9 Å². The summed E-state index contributed by atoms with van der Waals surface area (Å²) in [6.45, 7) is 2.23. The lowest BCUT2D eigenvalue weighted by Crippen LogP contribution is -2.13. The molecule has 0 saturated heterocycles. The van der Waals surface area contributed by atoms with Gasteiger partial charge in [0, 0.05) is 0 Å². The Bertz CT molecular complexity index is 555. The van der Waals surface area contributed by atoms with Crippen LogP contribution in [-0.4, -0.2) is 5.11 Å². The summed E-state index contributed by atoms with van der Waals surface area (Å²) in [6, 6.07) is 4.61. The van der Waals surface area contributed by atoms with Gasteiger partial charge in [0.25, 0.3) is 0 Å². The molecule has 6 atom stereocenters. The van der Waals surface area contributed by atoms with Gasteiger partial charge in [0.2, 0.25) is 0 Å². The molecule has 0 radical (unpaired) electrons. The predicted molar refractivity (Wildman–Crippen MR) is 89.2 cm³/mol. The van der Waals surface area contributed by atoms with Crippen LogP contribution in [0.3, 0.4) is 0 Å². The third-order valence-corrected chi connectivity index (χ3v) is 7.59. The molecule has 1 aromatic rings. The van der Waals surface area contributed by atoms with Crippen molar-refractivity contribution in [3.05, 3.63) is 28.8 Å². The molecule has 4 aliphatic carbocycles. The normalized spacial score (nSPS) is 42.4. The fourth-order valence-corrected chi connectivity index (χ4v) is 6.65. The molecular weight excluding hydrogens is 268 g/mol. The van der Waals surface area contributed by atoms with Crippen molar-refractivity contribution in [2.75, 3.05) is 0 Å². The summed E-state index contributed by atoms with van der Waals surface area (Å²) < 4.78 is 0. The van der Waals surface area contributed by atoms with Gasteiger partial charge >= 0.3 is 0 Å². The maximum Gasteiger partial charge on any atom is 0.122 e. The van der Waals surface area contributed by atoms with Crippen molar-refractivity contribution in [1.82, 2.24) is 0 Å². The molecule has 5 rings (SSSR count). The Morgan fingerprint density at radius 1 is 0.773 bits per heavy atom. The van der Waals surface area contributed by atoms with Crippen LogP contribution in [-0.2, 0) is 0 Å². The highest BCUT2D eigenvalue weighted by Gasteiger charge is 2.44. The first-order valence-corrected chi connectivity index (χ1v) is 9.52. The minimum Gasteiger partial charge on any atom is -0.507 e. The van der Waals surface area contributed by atoms with Crippen molar-refractivity contribution in [2.24, 2.45) is 23.7 Å². The molecule has 0 aliphatic heterocycles. The van der Waals surface area contributed by atoms with E-state index < -0.39 is 0 Å². The Labute approximate surface area is 134 Å². The fourth-order valence-electron chi connectivity index (χ4n) is 6.65. The number of aromatic hydroxyl groups is 1. The van der Waals surface area contributed by atoms with Crippen LogP contribution < -0.4 is 0 Å². The van der Waals surface area contributed by atoms with Gasteiger partial charge < -0.3 is 5.11 Å². The van der Waals surface area contributed by atoms with E-state index in [9.17, 15) is 5.11 Å². The fraction of sp³-hybridized carbons (Fsp3) is 0.714. The quantitative estimate of drug-likeness (QED) is 0.763. The molecule has 4 fully saturated rings. The lowest BCUT2D eigenvalue weighted by molar-refractivity contribution is 0.376. The van der Waals surface area contributed by atoms with Crippen LogP contribution in [0.2, 0.25) is 0 Å². The van der Waals surface area contributed by atoms with E-state index in [-0.39, 0.29) is 0 Å². The average Bonchev–Trinajstić information content (AvgIpc) is 3.29. The van der Waals surface area contributed by atoms with Crippen LogP contribution in [0.25, 0.3) is 0 Å². The highest BCUT2D eigenvalue weighted by atomic mass is 16.3. The van der Waals surface area contributed by atoms with Crippen LogP contribution in [0, 0.1) is 30.6 Å². The molecule has 0 amide bonds. The molecule has 0 heterocycles. The van der Waals surface area contributed by atoms with Gasteiger partial charge in [0.1, 0.15) is 5.75 Å². The first-order valence-electron chi connectivity index (χ1n) is 9.52. The van der Waals surface area contributed by atoms with E-state index in [1.54, 1.807) is 0 Å². The zero-order valence-corrected chi connectivity index (χ0v) is 13.7. The summed E-state index contributed by atoms with van der Waals surface area (Å²) in [6.07, 6.45) is 11.2. The predicted octanol–water partition coefficient (Wildman–Crippen LogP) is 5.51. The number of hydrogen-bond donors (Lipinski definition) is 1. The summed E-state index contributed by atoms with van der Waals surface area (Å²) >= 11 is 0. The van der Waals surface area contributed by atoms with Gasteiger partial charge in [-0.3, -0.25) is 0 Å². The smallest absolute Gasteiger partial charge is 0.122 e. The van der Waals surface area contributed by atoms with E-state index in [0.29, 0.717) is 17.6 Å². The number of fused-ring (bicyclic) bond motifs is 4. The SMILES string of the molecule is Cc1cc([C@@H]2C[C@@H]3CC[C@H]2C3)c(O)c([C@@H]2C[C@H]3CC[C@H]2C3)c1. The molecule has 1 nitrogen and oxygen atoms in total. The van der Waals surface area contributed by atoms with Crippen molar-refractivity contribution in [3.63, 3.8) is 0 Å². The Balaban J connectivity index is 1.53. The van der Waals surface area contributed by atoms with Gasteiger partial charge in [0.05, 0.1) is 0 Å². The molecule has 4 saturated carbocycles. The van der Waals surface area contributed by atoms with Crippen molar-refractivity contribution < 1.29 is 5.11 Å². The molecule has 1 aromatic carbocycles. The summed E-state index contributed by atoms with van der Waals surface area (Å²) in [5, 5.41) is 11.1. The second kappa shape index (κ2) is 4.76. The number of phenolic OH excluding ortho intramolecular Hbond substituents is 1. The third-order valence-electron chi connectivity index (χ3n) is 7.59. The van der Waals surface area contributed by atoms with Crippen molar-refractivity contribution >= 4 is 0 Å². The number of aryl methyl sites for hydroxylation is 1. The molecule has 22 heavy (non-hydrogen) atoms. The van der Waals surface area contributed by atoms with E-state index in [2.05, 4.69) is 19.1 Å². The topological polar surface area (TPSA) is 20.2 Å². The number of rotatable bonds is 2. The maximum absolute atomic E-state index is 11.1. The van der Waals surface area contributed by atoms with E-state index in [0.717, 1.165) is 23.7 Å². The van der Waals surface area contributed by atoms with Crippen LogP contribution >= 0.6 is 0 Å². The molecule has 0 spiro atoms. The van der Waals surface area contributed by atoms with Gasteiger partial charge in [-0.05, 0) is 92.1 Å². The molecular formula is C21H28O. The molecule has 0 unspecified atom stereocenters. The van der Waals surface area contributed by atoms with E-state index in [1.165, 1.54) is 68.1 Å². The van der Waals surface area contributed by atoms with E-state index in [4.69, 9.17) is 0 Å². The standard InChI is InChI=1S/C21H28O/c1-12-6-19(17-10-13-2-4-15(17)8-13)21(22)20(7-12)18-11-14-3-5-16(18)9-14/h6-7,13-18,22H,2-5,8-11H2,1H3/t13-,14+,15-,16-,17+,18+/m0/s1. The zero-order valence-electron chi connectivity index (χ0n) is 13.7. The Morgan fingerprint density at radius 3 is 1.64 bits per heavy atom. The molecule has 1 heteroatoms. The van der Waals surface area contributed by atoms with Crippen LogP contribution in [0.5, 0.6) is 5.75 Å². The number of benzene rings is 1. The summed E-state index contributed by atoms with van der Waals surface area (Å²) in [5.41, 5.74) is 3.99. The second-order valence-electron chi connectivity index (χ2n) is 8.85. The molecule has 118 valence electrons. The van der Waals surface area contributed by atoms with Crippen molar-refractivity contribution in [2.45, 2.75) is 70.1 Å². The number of phenols is 1. The Hall–Kier alpha value is -0.980. The van der Waals surface area contributed by atoms with Gasteiger partial charge in [-0.15, -0.1) is 0 Å². The minimum absolute atomic E-state index is 0.649. The Kier molecular flexibility index (Phi) is 2.91. The third kappa shape index (κ3) is 1.90. The van der Waals surface area contributed by atoms with E-state index in [1.807, 2.05) is 0 Å². The maximum atomic E-state index is 11.1. The lowest BCUT2D eigenvalue weighted by Gasteiger charge is -2.28. The lowest BCUT2D eigenvalue weighted by atomic mass is 9.77. The van der Waals surface area contributed by atoms with Gasteiger partial charge in [-0.2, -0.15) is 0 Å². The van der Waals surface area contributed by atoms with Crippen molar-refractivity contribution in [3.8, 4) is 5.75 Å². The van der Waals surface area contributed by atoms with Gasteiger partial charge in [-0.25, -0.2) is 0 Å². The highest BCUT2D eigenvalue weighted by molar-refractivity contribution is 5.48. The summed E-state index contributed by atoms with van der Waals surface area (Å²) in [7, 11) is 0. The highest BCUT2D eigenvalue weighted by Crippen LogP contribution is 2.58. The van der Waals surface area contributed by atoms with Crippen LogP contribution in [0.4, 0.5) is 0 Å². The molecule has 1 N–H and O–H groups in total. The molecule has 4 aliphatic rings. The van der Waals surface area contributed by atoms with E-state index >= 15 is 0 Å². The number of hydrogen-bond acceptors (Lipinski definition) is 1. The summed E-state index contributed by atoms with van der Waals surface area (Å²) in [5.74, 6) is 5.59. The van der Waals surface area contributed by atoms with Crippen LogP contribution in [0.15, 0.2) is 12.1 Å². The minimum atomic E-state index is 0.649. The van der Waals surface area contributed by atoms with Crippen molar-refractivity contribution in [1.29, 1.82) is 0 Å². The zero-order chi connectivity index (χ0) is 14.8.